The zero-order valence-corrected chi connectivity index (χ0v) is 17.1. The van der Waals surface area contributed by atoms with E-state index in [0.717, 1.165) is 0 Å². The molecule has 4 rings (SSSR count). The van der Waals surface area contributed by atoms with Crippen LogP contribution in [0.2, 0.25) is 0 Å². The summed E-state index contributed by atoms with van der Waals surface area (Å²) in [6.45, 7) is 1.12. The first-order chi connectivity index (χ1) is 14.8. The van der Waals surface area contributed by atoms with Gasteiger partial charge in [0, 0.05) is 22.6 Å². The second kappa shape index (κ2) is 7.79. The van der Waals surface area contributed by atoms with E-state index in [1.165, 1.54) is 20.1 Å². The van der Waals surface area contributed by atoms with Crippen LogP contribution in [0.15, 0.2) is 18.2 Å². The molecule has 8 heteroatoms. The zero-order chi connectivity index (χ0) is 22.4. The number of Topliss-reactive ketones (excluding diaryl/α,β-unsaturated/α-hetero) is 1. The molecule has 0 aliphatic heterocycles. The maximum absolute atomic E-state index is 13.2. The lowest BCUT2D eigenvalue weighted by molar-refractivity contribution is -0.140. The molecule has 2 aliphatic carbocycles. The van der Waals surface area contributed by atoms with E-state index in [4.69, 9.17) is 9.47 Å². The number of ether oxygens (including phenoxy) is 2. The number of aliphatic hydroxyl groups is 1. The van der Waals surface area contributed by atoms with Gasteiger partial charge in [-0.15, -0.1) is 0 Å². The van der Waals surface area contributed by atoms with E-state index in [-0.39, 0.29) is 70.3 Å². The van der Waals surface area contributed by atoms with Gasteiger partial charge in [-0.2, -0.15) is 0 Å². The van der Waals surface area contributed by atoms with Crippen molar-refractivity contribution < 1.29 is 39.2 Å². The Labute approximate surface area is 178 Å². The van der Waals surface area contributed by atoms with Crippen molar-refractivity contribution in [3.8, 4) is 17.2 Å². The predicted octanol–water partition coefficient (Wildman–Crippen LogP) is 1.91. The van der Waals surface area contributed by atoms with Gasteiger partial charge < -0.3 is 24.8 Å². The minimum absolute atomic E-state index is 0.0521. The summed E-state index contributed by atoms with van der Waals surface area (Å²) in [7, 11) is 1.38. The highest BCUT2D eigenvalue weighted by Gasteiger charge is 2.41. The summed E-state index contributed by atoms with van der Waals surface area (Å²) in [5.41, 5.74) is 0.286. The largest absolute Gasteiger partial charge is 0.507 e. The van der Waals surface area contributed by atoms with Crippen LogP contribution in [0, 0.1) is 5.92 Å². The van der Waals surface area contributed by atoms with Crippen molar-refractivity contribution in [2.75, 3.05) is 13.7 Å². The smallest absolute Gasteiger partial charge is 0.202 e. The number of hydrogen-bond donors (Lipinski definition) is 3. The van der Waals surface area contributed by atoms with Gasteiger partial charge in [0.25, 0.3) is 0 Å². The molecule has 0 heterocycles. The number of hydrogen-bond acceptors (Lipinski definition) is 8. The Hall–Kier alpha value is -3.23. The quantitative estimate of drug-likeness (QED) is 0.417. The molecule has 2 unspecified atom stereocenters. The third-order valence-electron chi connectivity index (χ3n) is 5.95. The molecule has 0 bridgehead atoms. The number of benzene rings is 2. The maximum Gasteiger partial charge on any atom is 0.202 e. The van der Waals surface area contributed by atoms with Gasteiger partial charge in [0.15, 0.2) is 17.9 Å². The third-order valence-corrected chi connectivity index (χ3v) is 5.95. The summed E-state index contributed by atoms with van der Waals surface area (Å²) < 4.78 is 10.2. The lowest BCUT2D eigenvalue weighted by atomic mass is 9.75. The Morgan fingerprint density at radius 2 is 1.77 bits per heavy atom. The van der Waals surface area contributed by atoms with Gasteiger partial charge >= 0.3 is 0 Å². The highest BCUT2D eigenvalue weighted by atomic mass is 16.6. The second-order valence-corrected chi connectivity index (χ2v) is 7.76. The number of methoxy groups -OCH3 is 1. The summed E-state index contributed by atoms with van der Waals surface area (Å²) in [6.07, 6.45) is -0.364. The van der Waals surface area contributed by atoms with Crippen LogP contribution >= 0.6 is 0 Å². The average Bonchev–Trinajstić information content (AvgIpc) is 2.77. The molecule has 0 amide bonds. The number of carbonyl (C=O) groups is 3. The van der Waals surface area contributed by atoms with Crippen molar-refractivity contribution in [3.63, 3.8) is 0 Å². The molecule has 2 aliphatic rings. The Morgan fingerprint density at radius 1 is 1.10 bits per heavy atom. The van der Waals surface area contributed by atoms with Gasteiger partial charge in [0.2, 0.25) is 5.78 Å². The SMILES string of the molecule is COc1cccc2c1C(=O)c1c(O)c3c(c(O)c1C2=O)CC(C(=O)COC(C)O)CC3. The molecule has 2 atom stereocenters. The molecule has 31 heavy (non-hydrogen) atoms. The Balaban J connectivity index is 1.80. The molecule has 0 fully saturated rings. The molecule has 2 aromatic rings. The number of aromatic hydroxyl groups is 2. The van der Waals surface area contributed by atoms with Crippen LogP contribution in [0.1, 0.15) is 56.3 Å². The molecule has 0 saturated heterocycles. The highest BCUT2D eigenvalue weighted by molar-refractivity contribution is 6.31. The van der Waals surface area contributed by atoms with Crippen molar-refractivity contribution in [2.24, 2.45) is 5.92 Å². The van der Waals surface area contributed by atoms with Crippen molar-refractivity contribution in [2.45, 2.75) is 32.5 Å². The van der Waals surface area contributed by atoms with E-state index in [1.807, 2.05) is 0 Å². The molecular formula is C23H22O8. The summed E-state index contributed by atoms with van der Waals surface area (Å²) in [6, 6.07) is 4.59. The molecule has 0 spiro atoms. The first-order valence-electron chi connectivity index (χ1n) is 9.94. The number of aliphatic hydroxyl groups excluding tert-OH is 1. The fourth-order valence-electron chi connectivity index (χ4n) is 4.40. The van der Waals surface area contributed by atoms with Gasteiger partial charge in [-0.25, -0.2) is 0 Å². The van der Waals surface area contributed by atoms with Gasteiger partial charge in [-0.05, 0) is 32.3 Å². The van der Waals surface area contributed by atoms with Crippen molar-refractivity contribution in [1.82, 2.24) is 0 Å². The topological polar surface area (TPSA) is 130 Å². The van der Waals surface area contributed by atoms with Crippen LogP contribution in [0.5, 0.6) is 17.2 Å². The molecule has 0 saturated carbocycles. The highest BCUT2D eigenvalue weighted by Crippen LogP contribution is 2.47. The lowest BCUT2D eigenvalue weighted by Crippen LogP contribution is -2.29. The molecule has 8 nitrogen and oxygen atoms in total. The summed E-state index contributed by atoms with van der Waals surface area (Å²) in [4.78, 5) is 38.8. The lowest BCUT2D eigenvalue weighted by Gasteiger charge is -2.29. The Bertz CT molecular complexity index is 1120. The van der Waals surface area contributed by atoms with Crippen LogP contribution < -0.4 is 4.74 Å². The Kier molecular flexibility index (Phi) is 5.28. The van der Waals surface area contributed by atoms with E-state index < -0.39 is 23.8 Å². The zero-order valence-electron chi connectivity index (χ0n) is 17.1. The summed E-state index contributed by atoms with van der Waals surface area (Å²) in [5, 5.41) is 31.1. The van der Waals surface area contributed by atoms with Crippen molar-refractivity contribution >= 4 is 17.3 Å². The van der Waals surface area contributed by atoms with Crippen LogP contribution in [0.4, 0.5) is 0 Å². The second-order valence-electron chi connectivity index (χ2n) is 7.76. The number of phenols is 2. The van der Waals surface area contributed by atoms with Gasteiger partial charge in [-0.1, -0.05) is 12.1 Å². The fourth-order valence-corrected chi connectivity index (χ4v) is 4.40. The van der Waals surface area contributed by atoms with Gasteiger partial charge in [0.05, 0.1) is 23.8 Å². The molecule has 162 valence electrons. The molecular weight excluding hydrogens is 404 g/mol. The maximum atomic E-state index is 13.2. The van der Waals surface area contributed by atoms with Gasteiger partial charge in [-0.3, -0.25) is 14.4 Å². The van der Waals surface area contributed by atoms with E-state index >= 15 is 0 Å². The predicted molar refractivity (Wildman–Crippen MR) is 108 cm³/mol. The summed E-state index contributed by atoms with van der Waals surface area (Å²) in [5.74, 6) is -2.46. The number of phenolic OH excluding ortho intramolecular Hbond substituents is 2. The standard InChI is InChI=1S/C23H22O8/c1-10(24)31-9-15(25)11-6-7-12-14(8-11)22(28)18-19(20(12)26)23(29)17-13(21(18)27)4-3-5-16(17)30-2/h3-5,10-11,24,26,28H,6-9H2,1-2H3. The fraction of sp³-hybridized carbons (Fsp3) is 0.348. The Morgan fingerprint density at radius 3 is 2.45 bits per heavy atom. The first kappa shape index (κ1) is 21.0. The third kappa shape index (κ3) is 3.28. The molecule has 0 radical (unpaired) electrons. The van der Waals surface area contributed by atoms with Crippen molar-refractivity contribution in [1.29, 1.82) is 0 Å². The number of ketones is 3. The number of rotatable bonds is 5. The van der Waals surface area contributed by atoms with Crippen LogP contribution in [0.25, 0.3) is 0 Å². The van der Waals surface area contributed by atoms with Crippen LogP contribution in [0.3, 0.4) is 0 Å². The van der Waals surface area contributed by atoms with E-state index in [1.54, 1.807) is 12.1 Å². The average molecular weight is 426 g/mol. The summed E-state index contributed by atoms with van der Waals surface area (Å²) >= 11 is 0. The van der Waals surface area contributed by atoms with Gasteiger partial charge in [0.1, 0.15) is 23.9 Å². The van der Waals surface area contributed by atoms with E-state index in [9.17, 15) is 29.7 Å². The van der Waals surface area contributed by atoms with Crippen LogP contribution in [-0.2, 0) is 22.4 Å². The minimum Gasteiger partial charge on any atom is -0.507 e. The normalized spacial score (nSPS) is 18.1. The number of carbonyl (C=O) groups excluding carboxylic acids is 3. The monoisotopic (exact) mass is 426 g/mol. The molecule has 2 aromatic carbocycles. The molecule has 3 N–H and O–H groups in total. The first-order valence-corrected chi connectivity index (χ1v) is 9.94. The number of fused-ring (bicyclic) bond motifs is 3. The minimum atomic E-state index is -1.08. The van der Waals surface area contributed by atoms with E-state index in [2.05, 4.69) is 0 Å². The van der Waals surface area contributed by atoms with Crippen LogP contribution in [-0.4, -0.2) is 52.7 Å². The van der Waals surface area contributed by atoms with E-state index in [0.29, 0.717) is 12.0 Å². The molecule has 0 aromatic heterocycles. The van der Waals surface area contributed by atoms with Crippen molar-refractivity contribution in [3.05, 3.63) is 51.6 Å².